The highest BCUT2D eigenvalue weighted by molar-refractivity contribution is 4.79. The summed E-state index contributed by atoms with van der Waals surface area (Å²) in [4.78, 5) is 0. The van der Waals surface area contributed by atoms with Crippen molar-refractivity contribution >= 4 is 0 Å². The summed E-state index contributed by atoms with van der Waals surface area (Å²) in [6.45, 7) is 3.18. The fraction of sp³-hybridized carbons (Fsp3) is 1.00. The van der Waals surface area contributed by atoms with Crippen molar-refractivity contribution in [1.29, 1.82) is 0 Å². The maximum Gasteiger partial charge on any atom is 0.179 e. The molecule has 0 aliphatic carbocycles. The van der Waals surface area contributed by atoms with Gasteiger partial charge in [-0.25, -0.2) is 0 Å². The van der Waals surface area contributed by atoms with Gasteiger partial charge in [0.05, 0.1) is 6.04 Å². The summed E-state index contributed by atoms with van der Waals surface area (Å²) in [7, 11) is 0. The van der Waals surface area contributed by atoms with E-state index in [0.717, 1.165) is 0 Å². The fourth-order valence-electron chi connectivity index (χ4n) is 0.785. The lowest BCUT2D eigenvalue weighted by Gasteiger charge is -2.27. The van der Waals surface area contributed by atoms with Gasteiger partial charge in [0, 0.05) is 19.6 Å². The van der Waals surface area contributed by atoms with Gasteiger partial charge in [0.25, 0.3) is 0 Å². The average Bonchev–Trinajstić information content (AvgIpc) is 2.05. The van der Waals surface area contributed by atoms with Crippen LogP contribution in [0.2, 0.25) is 0 Å². The minimum Gasteiger partial charge on any atom is -0.364 e. The highest BCUT2D eigenvalue weighted by Crippen LogP contribution is 2.07. The Morgan fingerprint density at radius 1 is 1.50 bits per heavy atom. The van der Waals surface area contributed by atoms with Gasteiger partial charge in [0.1, 0.15) is 0 Å². The normalized spacial score (nSPS) is 14.8. The van der Waals surface area contributed by atoms with Crippen LogP contribution in [0.5, 0.6) is 0 Å². The number of rotatable bonds is 6. The molecule has 0 fully saturated rings. The summed E-state index contributed by atoms with van der Waals surface area (Å²) in [6.07, 6.45) is 0.221. The fourth-order valence-corrected chi connectivity index (χ4v) is 0.785. The predicted molar refractivity (Wildman–Crippen MR) is 47.4 cm³/mol. The average molecular weight is 177 g/mol. The molecule has 0 bridgehead atoms. The van der Waals surface area contributed by atoms with Crippen LogP contribution in [0, 0.1) is 0 Å². The second-order valence-corrected chi connectivity index (χ2v) is 2.83. The van der Waals surface area contributed by atoms with Crippen molar-refractivity contribution < 1.29 is 10.2 Å². The maximum absolute atomic E-state index is 9.25. The van der Waals surface area contributed by atoms with Crippen molar-refractivity contribution in [2.24, 2.45) is 11.5 Å². The molecule has 0 saturated heterocycles. The van der Waals surface area contributed by atoms with Crippen LogP contribution in [0.4, 0.5) is 0 Å². The molecule has 1 unspecified atom stereocenters. The van der Waals surface area contributed by atoms with Crippen LogP contribution in [-0.2, 0) is 0 Å². The van der Waals surface area contributed by atoms with Crippen LogP contribution in [0.15, 0.2) is 0 Å². The van der Waals surface area contributed by atoms with Crippen LogP contribution in [-0.4, -0.2) is 41.7 Å². The van der Waals surface area contributed by atoms with E-state index in [1.165, 1.54) is 0 Å². The topological polar surface area (TPSA) is 105 Å². The monoisotopic (exact) mass is 177 g/mol. The molecule has 5 heteroatoms. The van der Waals surface area contributed by atoms with E-state index in [1.54, 1.807) is 6.92 Å². The number of nitrogens with one attached hydrogen (secondary N) is 1. The summed E-state index contributed by atoms with van der Waals surface area (Å²) in [5, 5.41) is 21.4. The van der Waals surface area contributed by atoms with Crippen molar-refractivity contribution in [3.05, 3.63) is 0 Å². The second kappa shape index (κ2) is 5.45. The Morgan fingerprint density at radius 2 is 2.08 bits per heavy atom. The van der Waals surface area contributed by atoms with Crippen LogP contribution >= 0.6 is 0 Å². The highest BCUT2D eigenvalue weighted by atomic mass is 16.5. The Kier molecular flexibility index (Phi) is 5.36. The standard InChI is InChI=1S/C7H19N3O2/c1-2-7(11,12)6(9)5-10-4-3-8/h6,10-12H,2-5,8-9H2,1H3. The zero-order valence-electron chi connectivity index (χ0n) is 7.45. The maximum atomic E-state index is 9.25. The number of hydrogen-bond donors (Lipinski definition) is 5. The van der Waals surface area contributed by atoms with Gasteiger partial charge >= 0.3 is 0 Å². The molecule has 0 heterocycles. The van der Waals surface area contributed by atoms with E-state index in [1.807, 2.05) is 0 Å². The molecule has 0 saturated carbocycles. The van der Waals surface area contributed by atoms with Crippen molar-refractivity contribution in [2.45, 2.75) is 25.2 Å². The molecule has 1 atom stereocenters. The number of aliphatic hydroxyl groups is 2. The van der Waals surface area contributed by atoms with E-state index in [-0.39, 0.29) is 6.42 Å². The lowest BCUT2D eigenvalue weighted by atomic mass is 10.1. The van der Waals surface area contributed by atoms with Crippen molar-refractivity contribution in [3.8, 4) is 0 Å². The van der Waals surface area contributed by atoms with E-state index in [0.29, 0.717) is 19.6 Å². The van der Waals surface area contributed by atoms with Gasteiger partial charge in [-0.05, 0) is 6.42 Å². The third-order valence-electron chi connectivity index (χ3n) is 1.80. The van der Waals surface area contributed by atoms with E-state index >= 15 is 0 Å². The summed E-state index contributed by atoms with van der Waals surface area (Å²) < 4.78 is 0. The molecule has 0 amide bonds. The third-order valence-corrected chi connectivity index (χ3v) is 1.80. The van der Waals surface area contributed by atoms with Gasteiger partial charge < -0.3 is 27.0 Å². The van der Waals surface area contributed by atoms with Crippen molar-refractivity contribution in [3.63, 3.8) is 0 Å². The SMILES string of the molecule is CCC(O)(O)C(N)CNCCN. The molecule has 0 spiro atoms. The lowest BCUT2D eigenvalue weighted by molar-refractivity contribution is -0.177. The quantitative estimate of drug-likeness (QED) is 0.237. The Balaban J connectivity index is 3.63. The van der Waals surface area contributed by atoms with Gasteiger partial charge in [-0.3, -0.25) is 0 Å². The second-order valence-electron chi connectivity index (χ2n) is 2.83. The van der Waals surface area contributed by atoms with Gasteiger partial charge in [0.15, 0.2) is 5.79 Å². The van der Waals surface area contributed by atoms with E-state index in [4.69, 9.17) is 11.5 Å². The molecule has 0 aromatic heterocycles. The van der Waals surface area contributed by atoms with Crippen LogP contribution in [0.3, 0.4) is 0 Å². The largest absolute Gasteiger partial charge is 0.364 e. The number of nitrogens with two attached hydrogens (primary N) is 2. The zero-order chi connectivity index (χ0) is 9.61. The van der Waals surface area contributed by atoms with Gasteiger partial charge in [-0.15, -0.1) is 0 Å². The van der Waals surface area contributed by atoms with Crippen molar-refractivity contribution in [2.75, 3.05) is 19.6 Å². The molecule has 12 heavy (non-hydrogen) atoms. The first-order valence-electron chi connectivity index (χ1n) is 4.15. The van der Waals surface area contributed by atoms with E-state index in [9.17, 15) is 10.2 Å². The molecule has 5 nitrogen and oxygen atoms in total. The first kappa shape index (κ1) is 11.8. The summed E-state index contributed by atoms with van der Waals surface area (Å²) in [5.74, 6) is -1.78. The molecule has 0 aliphatic heterocycles. The lowest BCUT2D eigenvalue weighted by Crippen LogP contribution is -2.53. The molecular formula is C7H19N3O2. The van der Waals surface area contributed by atoms with Crippen LogP contribution < -0.4 is 16.8 Å². The van der Waals surface area contributed by atoms with Crippen LogP contribution in [0.25, 0.3) is 0 Å². The Bertz CT molecular complexity index is 119. The first-order chi connectivity index (χ1) is 5.54. The molecular weight excluding hydrogens is 158 g/mol. The summed E-state index contributed by atoms with van der Waals surface area (Å²) in [5.41, 5.74) is 10.7. The predicted octanol–water partition coefficient (Wildman–Crippen LogP) is -2.05. The summed E-state index contributed by atoms with van der Waals surface area (Å²) >= 11 is 0. The van der Waals surface area contributed by atoms with E-state index < -0.39 is 11.8 Å². The molecule has 0 radical (unpaired) electrons. The zero-order valence-corrected chi connectivity index (χ0v) is 7.45. The third kappa shape index (κ3) is 3.99. The highest BCUT2D eigenvalue weighted by Gasteiger charge is 2.28. The van der Waals surface area contributed by atoms with Gasteiger partial charge in [-0.1, -0.05) is 6.92 Å². The minimum absolute atomic E-state index is 0.221. The molecule has 7 N–H and O–H groups in total. The molecule has 0 aliphatic rings. The smallest absolute Gasteiger partial charge is 0.179 e. The Hall–Kier alpha value is -0.200. The minimum atomic E-state index is -1.78. The molecule has 0 rings (SSSR count). The molecule has 0 aromatic rings. The molecule has 74 valence electrons. The summed E-state index contributed by atoms with van der Waals surface area (Å²) in [6, 6.07) is -0.672. The van der Waals surface area contributed by atoms with Crippen molar-refractivity contribution in [1.82, 2.24) is 5.32 Å². The molecule has 0 aromatic carbocycles. The Labute approximate surface area is 72.7 Å². The van der Waals surface area contributed by atoms with Gasteiger partial charge in [0.2, 0.25) is 0 Å². The Morgan fingerprint density at radius 3 is 2.50 bits per heavy atom. The van der Waals surface area contributed by atoms with E-state index in [2.05, 4.69) is 5.32 Å². The van der Waals surface area contributed by atoms with Crippen LogP contribution in [0.1, 0.15) is 13.3 Å². The first-order valence-corrected chi connectivity index (χ1v) is 4.15. The number of hydrogen-bond acceptors (Lipinski definition) is 5. The van der Waals surface area contributed by atoms with Gasteiger partial charge in [-0.2, -0.15) is 0 Å².